The SMILES string of the molecule is CC(=O)c1ccc(NC(=O)CC2C(=O)N(c3ccc(C)cc3)C(=S)N2Cc2c(NC(=O)c3ccccc3)on[n+]2C)cc1. The lowest BCUT2D eigenvalue weighted by Gasteiger charge is -2.22. The smallest absolute Gasteiger partial charge is 0.307 e. The second kappa shape index (κ2) is 12.3. The number of rotatable bonds is 9. The summed E-state index contributed by atoms with van der Waals surface area (Å²) in [5, 5.41) is 9.68. The molecule has 218 valence electrons. The molecular formula is C31H29N6O5S+. The van der Waals surface area contributed by atoms with Crippen molar-refractivity contribution in [3.63, 3.8) is 0 Å². The molecule has 1 atom stereocenters. The first-order chi connectivity index (χ1) is 20.6. The Morgan fingerprint density at radius 1 is 0.953 bits per heavy atom. The number of aryl methyl sites for hydroxylation is 2. The molecule has 3 aromatic carbocycles. The largest absolute Gasteiger partial charge is 0.326 e. The maximum atomic E-state index is 13.8. The molecule has 4 aromatic rings. The van der Waals surface area contributed by atoms with E-state index in [4.69, 9.17) is 16.7 Å². The Labute approximate surface area is 253 Å². The van der Waals surface area contributed by atoms with E-state index in [0.717, 1.165) is 5.56 Å². The highest BCUT2D eigenvalue weighted by Gasteiger charge is 2.46. The predicted octanol–water partition coefficient (Wildman–Crippen LogP) is 3.79. The fourth-order valence-electron chi connectivity index (χ4n) is 4.67. The van der Waals surface area contributed by atoms with Crippen LogP contribution in [-0.4, -0.2) is 44.8 Å². The molecule has 0 bridgehead atoms. The molecule has 1 saturated heterocycles. The van der Waals surface area contributed by atoms with E-state index < -0.39 is 17.9 Å². The predicted molar refractivity (Wildman–Crippen MR) is 162 cm³/mol. The summed E-state index contributed by atoms with van der Waals surface area (Å²) in [6.07, 6.45) is -0.212. The second-order valence-electron chi connectivity index (χ2n) is 10.1. The summed E-state index contributed by atoms with van der Waals surface area (Å²) in [6, 6.07) is 21.5. The standard InChI is InChI=1S/C31H28N6O5S/c1-19-9-15-24(16-10-19)37-30(41)25(17-27(39)32-23-13-11-21(12-14-23)20(2)38)36(31(37)43)18-26-29(42-34-35(26)3)33-28(40)22-7-5-4-6-8-22/h4-16,25H,17-18H2,1-3H3,(H-,32,33,34,38,39,40)/p+1. The number of nitrogens with zero attached hydrogens (tertiary/aromatic N) is 4. The molecule has 43 heavy (non-hydrogen) atoms. The number of Topliss-reactive ketones (excluding diaryl/α,β-unsaturated/α-hetero) is 1. The summed E-state index contributed by atoms with van der Waals surface area (Å²) in [6.45, 7) is 3.42. The number of amides is 3. The normalized spacial score (nSPS) is 14.6. The van der Waals surface area contributed by atoms with E-state index in [1.807, 2.05) is 19.1 Å². The quantitative estimate of drug-likeness (QED) is 0.169. The number of ketones is 1. The van der Waals surface area contributed by atoms with Crippen molar-refractivity contribution in [1.82, 2.24) is 10.2 Å². The first-order valence-electron chi connectivity index (χ1n) is 13.5. The van der Waals surface area contributed by atoms with Gasteiger partial charge in [-0.25, -0.2) is 0 Å². The summed E-state index contributed by atoms with van der Waals surface area (Å²) in [7, 11) is 1.64. The number of benzene rings is 3. The minimum Gasteiger partial charge on any atom is -0.326 e. The van der Waals surface area contributed by atoms with E-state index in [1.54, 1.807) is 78.7 Å². The minimum atomic E-state index is -0.960. The molecule has 0 spiro atoms. The fraction of sp³-hybridized carbons (Fsp3) is 0.194. The van der Waals surface area contributed by atoms with E-state index in [1.165, 1.54) is 16.5 Å². The van der Waals surface area contributed by atoms with Gasteiger partial charge in [-0.3, -0.25) is 33.9 Å². The van der Waals surface area contributed by atoms with Crippen LogP contribution in [0.5, 0.6) is 0 Å². The Morgan fingerprint density at radius 3 is 2.28 bits per heavy atom. The molecule has 2 N–H and O–H groups in total. The van der Waals surface area contributed by atoms with Crippen molar-refractivity contribution in [2.75, 3.05) is 15.5 Å². The zero-order chi connectivity index (χ0) is 30.7. The van der Waals surface area contributed by atoms with Gasteiger partial charge in [0.25, 0.3) is 17.5 Å². The average Bonchev–Trinajstić information content (AvgIpc) is 3.45. The van der Waals surface area contributed by atoms with Gasteiger partial charge < -0.3 is 10.2 Å². The number of aromatic nitrogens is 2. The molecule has 11 nitrogen and oxygen atoms in total. The molecule has 1 aliphatic rings. The fourth-order valence-corrected chi connectivity index (χ4v) is 5.05. The maximum absolute atomic E-state index is 13.8. The van der Waals surface area contributed by atoms with Crippen molar-refractivity contribution in [1.29, 1.82) is 0 Å². The van der Waals surface area contributed by atoms with Gasteiger partial charge in [0.2, 0.25) is 11.2 Å². The monoisotopic (exact) mass is 597 g/mol. The molecule has 12 heteroatoms. The van der Waals surface area contributed by atoms with Crippen molar-refractivity contribution in [2.45, 2.75) is 32.9 Å². The molecule has 0 saturated carbocycles. The maximum Gasteiger partial charge on any atom is 0.307 e. The molecule has 1 aliphatic heterocycles. The zero-order valence-electron chi connectivity index (χ0n) is 23.7. The van der Waals surface area contributed by atoms with Gasteiger partial charge in [-0.15, -0.1) is 0 Å². The van der Waals surface area contributed by atoms with Gasteiger partial charge in [0.15, 0.2) is 17.9 Å². The highest BCUT2D eigenvalue weighted by Crippen LogP contribution is 2.30. The van der Waals surface area contributed by atoms with E-state index in [9.17, 15) is 19.2 Å². The van der Waals surface area contributed by atoms with Gasteiger partial charge in [-0.2, -0.15) is 0 Å². The molecule has 1 fully saturated rings. The van der Waals surface area contributed by atoms with Gasteiger partial charge in [0.1, 0.15) is 12.6 Å². The van der Waals surface area contributed by atoms with E-state index >= 15 is 0 Å². The Morgan fingerprint density at radius 2 is 1.63 bits per heavy atom. The van der Waals surface area contributed by atoms with Crippen LogP contribution in [0.25, 0.3) is 0 Å². The molecule has 3 amide bonds. The summed E-state index contributed by atoms with van der Waals surface area (Å²) < 4.78 is 6.86. The summed E-state index contributed by atoms with van der Waals surface area (Å²) in [4.78, 5) is 54.5. The summed E-state index contributed by atoms with van der Waals surface area (Å²) in [5.41, 5.74) is 3.46. The van der Waals surface area contributed by atoms with Crippen LogP contribution in [0.3, 0.4) is 0 Å². The molecule has 5 rings (SSSR count). The molecule has 1 aromatic heterocycles. The lowest BCUT2D eigenvalue weighted by atomic mass is 10.1. The average molecular weight is 598 g/mol. The number of hydrogen-bond donors (Lipinski definition) is 2. The van der Waals surface area contributed by atoms with Crippen LogP contribution >= 0.6 is 12.2 Å². The topological polar surface area (TPSA) is 129 Å². The number of thiocarbonyl (C=S) groups is 1. The molecule has 0 radical (unpaired) electrons. The number of anilines is 3. The first kappa shape index (κ1) is 29.3. The van der Waals surface area contributed by atoms with Crippen LogP contribution in [0, 0.1) is 6.92 Å². The first-order valence-corrected chi connectivity index (χ1v) is 13.9. The Bertz CT molecular complexity index is 1700. The highest BCUT2D eigenvalue weighted by molar-refractivity contribution is 7.80. The van der Waals surface area contributed by atoms with Gasteiger partial charge >= 0.3 is 5.88 Å². The number of carbonyl (C=O) groups excluding carboxylic acids is 4. The van der Waals surface area contributed by atoms with E-state index in [2.05, 4.69) is 15.9 Å². The van der Waals surface area contributed by atoms with Gasteiger partial charge in [-0.05, 0) is 79.3 Å². The zero-order valence-corrected chi connectivity index (χ0v) is 24.6. The molecule has 1 unspecified atom stereocenters. The van der Waals surface area contributed by atoms with Crippen molar-refractivity contribution < 1.29 is 28.4 Å². The lowest BCUT2D eigenvalue weighted by molar-refractivity contribution is -0.746. The minimum absolute atomic E-state index is 0.0165. The molecule has 2 heterocycles. The Hall–Kier alpha value is -5.23. The number of nitrogens with one attached hydrogen (secondary N) is 2. The third-order valence-corrected chi connectivity index (χ3v) is 7.47. The van der Waals surface area contributed by atoms with Crippen LogP contribution in [0.1, 0.15) is 45.3 Å². The van der Waals surface area contributed by atoms with E-state index in [-0.39, 0.29) is 35.7 Å². The van der Waals surface area contributed by atoms with Crippen molar-refractivity contribution in [3.8, 4) is 0 Å². The molecule has 0 aliphatic carbocycles. The van der Waals surface area contributed by atoms with Crippen LogP contribution in [0.15, 0.2) is 83.4 Å². The van der Waals surface area contributed by atoms with Crippen LogP contribution in [0.2, 0.25) is 0 Å². The molecular weight excluding hydrogens is 568 g/mol. The van der Waals surface area contributed by atoms with Crippen molar-refractivity contribution >= 4 is 58.1 Å². The lowest BCUT2D eigenvalue weighted by Crippen LogP contribution is -2.43. The Kier molecular flexibility index (Phi) is 8.39. The van der Waals surface area contributed by atoms with Gasteiger partial charge in [-0.1, -0.05) is 35.9 Å². The van der Waals surface area contributed by atoms with Crippen LogP contribution in [0.4, 0.5) is 17.3 Å². The van der Waals surface area contributed by atoms with E-state index in [0.29, 0.717) is 28.2 Å². The second-order valence-corrected chi connectivity index (χ2v) is 10.5. The van der Waals surface area contributed by atoms with Crippen molar-refractivity contribution in [3.05, 3.63) is 101 Å². The highest BCUT2D eigenvalue weighted by atomic mass is 32.1. The van der Waals surface area contributed by atoms with Crippen molar-refractivity contribution in [2.24, 2.45) is 7.05 Å². The summed E-state index contributed by atoms with van der Waals surface area (Å²) in [5.74, 6) is -1.18. The number of carbonyl (C=O) groups is 4. The third kappa shape index (κ3) is 6.33. The third-order valence-electron chi connectivity index (χ3n) is 7.06. The summed E-state index contributed by atoms with van der Waals surface area (Å²) >= 11 is 5.80. The number of hydrogen-bond acceptors (Lipinski definition) is 7. The van der Waals surface area contributed by atoms with Crippen LogP contribution < -0.4 is 20.2 Å². The van der Waals surface area contributed by atoms with Gasteiger partial charge in [0, 0.05) is 16.8 Å². The van der Waals surface area contributed by atoms with Gasteiger partial charge in [0.05, 0.1) is 12.1 Å². The Balaban J connectivity index is 1.42. The van der Waals surface area contributed by atoms with Crippen LogP contribution in [-0.2, 0) is 23.2 Å².